The fourth-order valence-corrected chi connectivity index (χ4v) is 2.93. The van der Waals surface area contributed by atoms with Crippen molar-refractivity contribution < 1.29 is 19.7 Å². The van der Waals surface area contributed by atoms with Gasteiger partial charge in [-0.1, -0.05) is 36.4 Å². The average Bonchev–Trinajstić information content (AvgIpc) is 2.52. The highest BCUT2D eigenvalue weighted by molar-refractivity contribution is 6.09. The van der Waals surface area contributed by atoms with Crippen molar-refractivity contribution in [3.05, 3.63) is 65.2 Å². The normalized spacial score (nSPS) is 18.9. The lowest BCUT2D eigenvalue weighted by atomic mass is 9.89. The van der Waals surface area contributed by atoms with E-state index < -0.39 is 11.7 Å². The minimum atomic E-state index is -0.866. The summed E-state index contributed by atoms with van der Waals surface area (Å²) in [4.78, 5) is 12.4. The Morgan fingerprint density at radius 2 is 1.92 bits per heavy atom. The van der Waals surface area contributed by atoms with Crippen molar-refractivity contribution in [3.63, 3.8) is 0 Å². The number of carbonyl (C=O) groups is 1. The van der Waals surface area contributed by atoms with Crippen molar-refractivity contribution in [2.75, 3.05) is 0 Å². The van der Waals surface area contributed by atoms with Gasteiger partial charge in [-0.2, -0.15) is 0 Å². The number of aliphatic hydroxyl groups excluding tert-OH is 1. The summed E-state index contributed by atoms with van der Waals surface area (Å²) in [5.41, 5.74) is 0.822. The van der Waals surface area contributed by atoms with Gasteiger partial charge in [-0.25, -0.2) is 0 Å². The van der Waals surface area contributed by atoms with E-state index in [-0.39, 0.29) is 22.7 Å². The molecule has 0 unspecified atom stereocenters. The molecule has 0 spiro atoms. The third-order valence-electron chi connectivity index (χ3n) is 4.07. The zero-order valence-corrected chi connectivity index (χ0v) is 13.7. The SMILES string of the molecule is CC1(C)C[C@H](O)c2c(ccc(C(=O)C=Cc3ccccc3)c2O)O1. The van der Waals surface area contributed by atoms with E-state index in [0.717, 1.165) is 5.56 Å². The van der Waals surface area contributed by atoms with Gasteiger partial charge in [0.2, 0.25) is 0 Å². The molecule has 0 fully saturated rings. The summed E-state index contributed by atoms with van der Waals surface area (Å²) in [6.07, 6.45) is 2.59. The van der Waals surface area contributed by atoms with Gasteiger partial charge in [-0.15, -0.1) is 0 Å². The van der Waals surface area contributed by atoms with E-state index in [2.05, 4.69) is 0 Å². The zero-order chi connectivity index (χ0) is 17.3. The summed E-state index contributed by atoms with van der Waals surface area (Å²) in [5, 5.41) is 20.8. The zero-order valence-electron chi connectivity index (χ0n) is 13.7. The molecule has 4 nitrogen and oxygen atoms in total. The molecule has 24 heavy (non-hydrogen) atoms. The van der Waals surface area contributed by atoms with Crippen LogP contribution in [0.25, 0.3) is 6.08 Å². The van der Waals surface area contributed by atoms with Crippen molar-refractivity contribution in [3.8, 4) is 11.5 Å². The summed E-state index contributed by atoms with van der Waals surface area (Å²) in [6, 6.07) is 12.6. The van der Waals surface area contributed by atoms with Crippen LogP contribution in [0.2, 0.25) is 0 Å². The fraction of sp³-hybridized carbons (Fsp3) is 0.250. The van der Waals surface area contributed by atoms with Gasteiger partial charge in [-0.3, -0.25) is 4.79 Å². The van der Waals surface area contributed by atoms with Gasteiger partial charge in [0, 0.05) is 6.42 Å². The van der Waals surface area contributed by atoms with Crippen molar-refractivity contribution in [2.24, 2.45) is 0 Å². The van der Waals surface area contributed by atoms with Gasteiger partial charge in [0.25, 0.3) is 0 Å². The molecule has 2 aromatic carbocycles. The highest BCUT2D eigenvalue weighted by Gasteiger charge is 2.35. The largest absolute Gasteiger partial charge is 0.507 e. The lowest BCUT2D eigenvalue weighted by Gasteiger charge is -2.36. The average molecular weight is 324 g/mol. The van der Waals surface area contributed by atoms with Gasteiger partial charge < -0.3 is 14.9 Å². The third kappa shape index (κ3) is 3.19. The van der Waals surface area contributed by atoms with E-state index in [9.17, 15) is 15.0 Å². The van der Waals surface area contributed by atoms with E-state index in [1.165, 1.54) is 12.1 Å². The molecule has 2 aromatic rings. The molecule has 0 aliphatic carbocycles. The fourth-order valence-electron chi connectivity index (χ4n) is 2.93. The number of phenolic OH excluding ortho intramolecular Hbond substituents is 1. The molecule has 1 heterocycles. The maximum Gasteiger partial charge on any atom is 0.189 e. The number of fused-ring (bicyclic) bond motifs is 1. The molecule has 0 amide bonds. The molecule has 0 saturated carbocycles. The van der Waals surface area contributed by atoms with Crippen LogP contribution >= 0.6 is 0 Å². The van der Waals surface area contributed by atoms with Crippen LogP contribution in [0.15, 0.2) is 48.5 Å². The Balaban J connectivity index is 1.92. The van der Waals surface area contributed by atoms with Crippen molar-refractivity contribution in [1.82, 2.24) is 0 Å². The van der Waals surface area contributed by atoms with E-state index in [4.69, 9.17) is 4.74 Å². The molecule has 0 bridgehead atoms. The Morgan fingerprint density at radius 3 is 2.62 bits per heavy atom. The second kappa shape index (κ2) is 6.13. The van der Waals surface area contributed by atoms with Crippen LogP contribution in [0.3, 0.4) is 0 Å². The Kier molecular flexibility index (Phi) is 4.16. The number of allylic oxidation sites excluding steroid dienone is 1. The summed E-state index contributed by atoms with van der Waals surface area (Å²) in [7, 11) is 0. The first-order valence-corrected chi connectivity index (χ1v) is 7.88. The Bertz CT molecular complexity index is 791. The molecule has 0 radical (unpaired) electrons. The molecule has 124 valence electrons. The lowest BCUT2D eigenvalue weighted by Crippen LogP contribution is -2.34. The maximum absolute atomic E-state index is 12.4. The van der Waals surface area contributed by atoms with Crippen LogP contribution in [0.1, 0.15) is 47.9 Å². The van der Waals surface area contributed by atoms with Gasteiger partial charge in [0.05, 0.1) is 17.2 Å². The minimum Gasteiger partial charge on any atom is -0.507 e. The summed E-state index contributed by atoms with van der Waals surface area (Å²) >= 11 is 0. The highest BCUT2D eigenvalue weighted by Crippen LogP contribution is 2.45. The second-order valence-electron chi connectivity index (χ2n) is 6.56. The van der Waals surface area contributed by atoms with Crippen molar-refractivity contribution >= 4 is 11.9 Å². The Morgan fingerprint density at radius 1 is 1.21 bits per heavy atom. The van der Waals surface area contributed by atoms with Gasteiger partial charge in [-0.05, 0) is 37.6 Å². The van der Waals surface area contributed by atoms with E-state index in [0.29, 0.717) is 12.2 Å². The summed E-state index contributed by atoms with van der Waals surface area (Å²) in [6.45, 7) is 3.75. The highest BCUT2D eigenvalue weighted by atomic mass is 16.5. The quantitative estimate of drug-likeness (QED) is 0.664. The summed E-state index contributed by atoms with van der Waals surface area (Å²) < 4.78 is 5.79. The van der Waals surface area contributed by atoms with Crippen LogP contribution in [-0.4, -0.2) is 21.6 Å². The van der Waals surface area contributed by atoms with Crippen LogP contribution in [-0.2, 0) is 0 Å². The topological polar surface area (TPSA) is 66.8 Å². The number of phenols is 1. The number of aromatic hydroxyl groups is 1. The number of ketones is 1. The monoisotopic (exact) mass is 324 g/mol. The third-order valence-corrected chi connectivity index (χ3v) is 4.07. The first-order chi connectivity index (χ1) is 11.4. The molecule has 4 heteroatoms. The van der Waals surface area contributed by atoms with Crippen LogP contribution < -0.4 is 4.74 Å². The van der Waals surface area contributed by atoms with Crippen molar-refractivity contribution in [2.45, 2.75) is 32.0 Å². The first-order valence-electron chi connectivity index (χ1n) is 7.88. The smallest absolute Gasteiger partial charge is 0.189 e. The Hall–Kier alpha value is -2.59. The number of carbonyl (C=O) groups excluding carboxylic acids is 1. The number of ether oxygens (including phenoxy) is 1. The Labute approximate surface area is 141 Å². The van der Waals surface area contributed by atoms with Crippen molar-refractivity contribution in [1.29, 1.82) is 0 Å². The van der Waals surface area contributed by atoms with Crippen LogP contribution in [0.4, 0.5) is 0 Å². The molecular formula is C20H20O4. The molecule has 3 rings (SSSR count). The van der Waals surface area contributed by atoms with Gasteiger partial charge in [0.1, 0.15) is 17.1 Å². The summed E-state index contributed by atoms with van der Waals surface area (Å²) in [5.74, 6) is -0.116. The maximum atomic E-state index is 12.4. The number of aliphatic hydroxyl groups is 1. The molecule has 0 aromatic heterocycles. The predicted molar refractivity (Wildman–Crippen MR) is 92.2 cm³/mol. The van der Waals surface area contributed by atoms with E-state index in [1.54, 1.807) is 12.1 Å². The molecule has 2 N–H and O–H groups in total. The standard InChI is InChI=1S/C20H20O4/c1-20(2)12-16(22)18-17(24-20)11-9-14(19(18)23)15(21)10-8-13-6-4-3-5-7-13/h3-11,16,22-23H,12H2,1-2H3/t16-/m0/s1. The second-order valence-corrected chi connectivity index (χ2v) is 6.56. The van der Waals surface area contributed by atoms with Crippen LogP contribution in [0.5, 0.6) is 11.5 Å². The van der Waals surface area contributed by atoms with E-state index >= 15 is 0 Å². The predicted octanol–water partition coefficient (Wildman–Crippen LogP) is 3.88. The van der Waals surface area contributed by atoms with Gasteiger partial charge in [0.15, 0.2) is 5.78 Å². The molecular weight excluding hydrogens is 304 g/mol. The number of benzene rings is 2. The number of rotatable bonds is 3. The molecule has 1 aliphatic heterocycles. The van der Waals surface area contributed by atoms with Gasteiger partial charge >= 0.3 is 0 Å². The first kappa shape index (κ1) is 16.3. The minimum absolute atomic E-state index is 0.156. The molecule has 1 aliphatic rings. The molecule has 1 atom stereocenters. The molecule has 0 saturated heterocycles. The number of hydrogen-bond acceptors (Lipinski definition) is 4. The number of hydrogen-bond donors (Lipinski definition) is 2. The lowest BCUT2D eigenvalue weighted by molar-refractivity contribution is 0.0100. The van der Waals surface area contributed by atoms with E-state index in [1.807, 2.05) is 44.2 Å². The van der Waals surface area contributed by atoms with Crippen LogP contribution in [0, 0.1) is 0 Å².